The van der Waals surface area contributed by atoms with Crippen molar-refractivity contribution in [3.8, 4) is 0 Å². The van der Waals surface area contributed by atoms with E-state index in [1.54, 1.807) is 0 Å². The molecule has 0 radical (unpaired) electrons. The van der Waals surface area contributed by atoms with E-state index >= 15 is 0 Å². The fourth-order valence-corrected chi connectivity index (χ4v) is 6.80. The second-order valence-electron chi connectivity index (χ2n) is 9.82. The number of carboxylic acids is 1. The van der Waals surface area contributed by atoms with E-state index in [4.69, 9.17) is 4.74 Å². The summed E-state index contributed by atoms with van der Waals surface area (Å²) < 4.78 is 28.5. The van der Waals surface area contributed by atoms with Gasteiger partial charge in [0.1, 0.15) is 10.5 Å². The fraction of sp³-hybridized carbons (Fsp3) is 0.783. The van der Waals surface area contributed by atoms with Crippen LogP contribution in [-0.4, -0.2) is 66.1 Å². The Kier molecular flexibility index (Phi) is 9.91. The molecule has 0 spiro atoms. The number of carboxylic acid groups (broad SMARTS) is 1. The summed E-state index contributed by atoms with van der Waals surface area (Å²) >= 11 is -1.60. The largest absolute Gasteiger partial charge is 0.479 e. The highest BCUT2D eigenvalue weighted by atomic mass is 32.2. The van der Waals surface area contributed by atoms with Crippen LogP contribution in [0.4, 0.5) is 14.9 Å². The Morgan fingerprint density at radius 2 is 1.80 bits per heavy atom. The molecule has 1 unspecified atom stereocenters. The number of aromatic nitrogens is 1. The number of thiazole rings is 1. The Hall–Kier alpha value is -1.76. The Bertz CT molecular complexity index is 881. The molecule has 3 N–H and O–H groups in total. The molecule has 1 atom stereocenters. The minimum Gasteiger partial charge on any atom is -0.479 e. The Balaban J connectivity index is 1.74. The fourth-order valence-electron chi connectivity index (χ4n) is 4.97. The number of urea groups is 1. The topological polar surface area (TPSA) is 132 Å². The first-order valence-corrected chi connectivity index (χ1v) is 14.3. The lowest BCUT2D eigenvalue weighted by Gasteiger charge is -2.42. The number of carbonyl (C=O) groups is 2. The molecule has 198 valence electrons. The van der Waals surface area contributed by atoms with Gasteiger partial charge in [-0.15, -0.1) is 0 Å². The molecule has 35 heavy (non-hydrogen) atoms. The van der Waals surface area contributed by atoms with Crippen LogP contribution in [0.2, 0.25) is 0 Å². The normalized spacial score (nSPS) is 22.4. The summed E-state index contributed by atoms with van der Waals surface area (Å²) in [6, 6.07) is 0.0879. The van der Waals surface area contributed by atoms with Crippen molar-refractivity contribution in [3.63, 3.8) is 0 Å². The molecule has 1 aromatic rings. The number of anilines is 2. The third kappa shape index (κ3) is 6.93. The zero-order chi connectivity index (χ0) is 25.6. The van der Waals surface area contributed by atoms with Gasteiger partial charge in [0, 0.05) is 18.7 Å². The highest BCUT2D eigenvalue weighted by Crippen LogP contribution is 2.35. The number of nitrogens with zero attached hydrogens (tertiary/aromatic N) is 3. The number of hydrogen-bond acceptors (Lipinski definition) is 6. The summed E-state index contributed by atoms with van der Waals surface area (Å²) in [5.41, 5.74) is -1.64. The van der Waals surface area contributed by atoms with Crippen molar-refractivity contribution >= 4 is 44.7 Å². The van der Waals surface area contributed by atoms with Crippen molar-refractivity contribution in [3.05, 3.63) is 6.20 Å². The summed E-state index contributed by atoms with van der Waals surface area (Å²) in [7, 11) is 0. The van der Waals surface area contributed by atoms with Crippen LogP contribution in [0, 0.1) is 0 Å². The van der Waals surface area contributed by atoms with Gasteiger partial charge in [-0.2, -0.15) is 0 Å². The second kappa shape index (κ2) is 12.5. The highest BCUT2D eigenvalue weighted by molar-refractivity contribution is 7.81. The summed E-state index contributed by atoms with van der Waals surface area (Å²) in [4.78, 5) is 31.4. The van der Waals surface area contributed by atoms with Crippen molar-refractivity contribution in [2.75, 3.05) is 16.2 Å². The smallest absolute Gasteiger partial charge is 0.330 e. The number of amides is 2. The average molecular weight is 531 g/mol. The molecule has 0 saturated heterocycles. The van der Waals surface area contributed by atoms with E-state index in [0.29, 0.717) is 0 Å². The molecule has 2 saturated carbocycles. The quantitative estimate of drug-likeness (QED) is 0.368. The summed E-state index contributed by atoms with van der Waals surface area (Å²) in [6.07, 6.45) is 11.6. The lowest BCUT2D eigenvalue weighted by molar-refractivity contribution is -0.141. The Morgan fingerprint density at radius 1 is 1.17 bits per heavy atom. The molecule has 0 bridgehead atoms. The summed E-state index contributed by atoms with van der Waals surface area (Å²) in [6.45, 7) is 5.55. The van der Waals surface area contributed by atoms with Crippen LogP contribution in [0.3, 0.4) is 0 Å². The average Bonchev–Trinajstić information content (AvgIpc) is 3.26. The van der Waals surface area contributed by atoms with Gasteiger partial charge >= 0.3 is 12.0 Å². The molecule has 0 aliphatic heterocycles. The minimum absolute atomic E-state index is 0.131. The predicted molar refractivity (Wildman–Crippen MR) is 137 cm³/mol. The molecule has 3 rings (SSSR count). The van der Waals surface area contributed by atoms with Crippen LogP contribution >= 0.6 is 11.3 Å². The predicted octanol–water partition coefficient (Wildman–Crippen LogP) is 4.85. The third-order valence-electron chi connectivity index (χ3n) is 6.89. The van der Waals surface area contributed by atoms with Crippen LogP contribution in [-0.2, 0) is 20.8 Å². The first kappa shape index (κ1) is 27.8. The lowest BCUT2D eigenvalue weighted by atomic mass is 9.88. The van der Waals surface area contributed by atoms with Gasteiger partial charge in [-0.05, 0) is 58.8 Å². The van der Waals surface area contributed by atoms with Crippen LogP contribution in [0.1, 0.15) is 85.0 Å². The molecule has 10 nitrogen and oxygen atoms in total. The minimum atomic E-state index is -2.58. The molecule has 2 aliphatic carbocycles. The summed E-state index contributed by atoms with van der Waals surface area (Å²) in [5.74, 6) is -1.25. The van der Waals surface area contributed by atoms with Gasteiger partial charge in [0.2, 0.25) is 0 Å². The van der Waals surface area contributed by atoms with E-state index < -0.39 is 22.8 Å². The molecule has 1 aromatic heterocycles. The summed E-state index contributed by atoms with van der Waals surface area (Å²) in [5, 5.41) is 12.9. The molecule has 0 aromatic carbocycles. The molecule has 2 amide bonds. The SMILES string of the molecule is CCCOC1CCC(N(C(=O)Nc2ncc(N(S(=O)O)C(C)(C)C(=O)O)s2)C2CCCCC2)CC1. The molecular formula is C23H38N4O6S2. The van der Waals surface area contributed by atoms with E-state index in [9.17, 15) is 23.5 Å². The van der Waals surface area contributed by atoms with Gasteiger partial charge in [-0.25, -0.2) is 23.1 Å². The van der Waals surface area contributed by atoms with Gasteiger partial charge in [-0.1, -0.05) is 37.5 Å². The number of aliphatic carboxylic acids is 1. The second-order valence-corrected chi connectivity index (χ2v) is 11.7. The molecular weight excluding hydrogens is 492 g/mol. The lowest BCUT2D eigenvalue weighted by Crippen LogP contribution is -2.51. The first-order valence-electron chi connectivity index (χ1n) is 12.5. The maximum Gasteiger partial charge on any atom is 0.330 e. The van der Waals surface area contributed by atoms with Crippen LogP contribution in [0.15, 0.2) is 6.20 Å². The van der Waals surface area contributed by atoms with Crippen LogP contribution in [0.5, 0.6) is 0 Å². The third-order valence-corrected chi connectivity index (χ3v) is 8.87. The standard InChI is InChI=1S/C23H38N4O6S2/c1-4-14-33-18-12-10-17(11-13-18)26(16-8-6-5-7-9-16)22(30)25-21-24-15-19(34-21)27(35(31)32)23(2,3)20(28)29/h15-18H,4-14H2,1-3H3,(H,28,29)(H,31,32)(H,24,25,30). The van der Waals surface area contributed by atoms with Crippen molar-refractivity contribution < 1.29 is 28.2 Å². The van der Waals surface area contributed by atoms with E-state index in [1.165, 1.54) is 26.5 Å². The van der Waals surface area contributed by atoms with E-state index in [0.717, 1.165) is 80.0 Å². The molecule has 2 aliphatic rings. The number of ether oxygens (including phenoxy) is 1. The van der Waals surface area contributed by atoms with Crippen molar-refractivity contribution in [2.45, 2.75) is 109 Å². The maximum atomic E-state index is 13.5. The van der Waals surface area contributed by atoms with E-state index in [2.05, 4.69) is 17.2 Å². The molecule has 1 heterocycles. The number of nitrogens with one attached hydrogen (secondary N) is 1. The highest BCUT2D eigenvalue weighted by Gasteiger charge is 2.40. The van der Waals surface area contributed by atoms with E-state index in [1.807, 2.05) is 4.90 Å². The van der Waals surface area contributed by atoms with Crippen LogP contribution < -0.4 is 9.62 Å². The zero-order valence-electron chi connectivity index (χ0n) is 20.8. The van der Waals surface area contributed by atoms with Crippen molar-refractivity contribution in [2.24, 2.45) is 0 Å². The molecule has 2 fully saturated rings. The maximum absolute atomic E-state index is 13.5. The van der Waals surface area contributed by atoms with Crippen LogP contribution in [0.25, 0.3) is 0 Å². The van der Waals surface area contributed by atoms with Crippen molar-refractivity contribution in [1.29, 1.82) is 0 Å². The van der Waals surface area contributed by atoms with Gasteiger partial charge in [-0.3, -0.25) is 9.87 Å². The van der Waals surface area contributed by atoms with Crippen molar-refractivity contribution in [1.82, 2.24) is 9.88 Å². The van der Waals surface area contributed by atoms with E-state index in [-0.39, 0.29) is 34.4 Å². The van der Waals surface area contributed by atoms with Gasteiger partial charge in [0.05, 0.1) is 12.3 Å². The number of hydrogen-bond donors (Lipinski definition) is 3. The first-order chi connectivity index (χ1) is 16.6. The Morgan fingerprint density at radius 3 is 2.37 bits per heavy atom. The van der Waals surface area contributed by atoms with Gasteiger partial charge < -0.3 is 14.7 Å². The molecule has 12 heteroatoms. The monoisotopic (exact) mass is 530 g/mol. The van der Waals surface area contributed by atoms with Gasteiger partial charge in [0.25, 0.3) is 11.3 Å². The zero-order valence-corrected chi connectivity index (χ0v) is 22.4. The Labute approximate surface area is 213 Å². The number of rotatable bonds is 10. The number of carbonyl (C=O) groups excluding carboxylic acids is 1. The van der Waals surface area contributed by atoms with Gasteiger partial charge in [0.15, 0.2) is 5.13 Å².